The van der Waals surface area contributed by atoms with Crippen LogP contribution in [-0.4, -0.2) is 43.1 Å². The Kier molecular flexibility index (Phi) is 6.31. The lowest BCUT2D eigenvalue weighted by Crippen LogP contribution is -2.52. The van der Waals surface area contributed by atoms with E-state index in [2.05, 4.69) is 5.48 Å². The van der Waals surface area contributed by atoms with Crippen molar-refractivity contribution in [3.05, 3.63) is 29.8 Å². The van der Waals surface area contributed by atoms with Gasteiger partial charge in [-0.25, -0.2) is 9.59 Å². The van der Waals surface area contributed by atoms with Crippen LogP contribution < -0.4 is 10.4 Å². The molecule has 9 heteroatoms. The van der Waals surface area contributed by atoms with Crippen LogP contribution in [0.1, 0.15) is 37.7 Å². The number of halogens is 3. The van der Waals surface area contributed by atoms with Gasteiger partial charge in [0.1, 0.15) is 0 Å². The number of urea groups is 1. The summed E-state index contributed by atoms with van der Waals surface area (Å²) in [5, 5.41) is 0. The molecule has 1 saturated heterocycles. The maximum Gasteiger partial charge on any atom is 0.416 e. The molecule has 2 amide bonds. The van der Waals surface area contributed by atoms with Gasteiger partial charge in [0.25, 0.3) is 0 Å². The molecule has 1 aromatic carbocycles. The van der Waals surface area contributed by atoms with Crippen molar-refractivity contribution in [2.45, 2.75) is 38.3 Å². The molecule has 2 fully saturated rings. The third kappa shape index (κ3) is 5.08. The third-order valence-corrected chi connectivity index (χ3v) is 5.28. The number of piperazine rings is 1. The van der Waals surface area contributed by atoms with Crippen molar-refractivity contribution >= 4 is 17.7 Å². The van der Waals surface area contributed by atoms with Crippen LogP contribution in [0, 0.1) is 5.92 Å². The van der Waals surface area contributed by atoms with Gasteiger partial charge in [0, 0.05) is 31.9 Å². The van der Waals surface area contributed by atoms with Crippen LogP contribution in [0.5, 0.6) is 0 Å². The Hall–Kier alpha value is -2.45. The lowest BCUT2D eigenvalue weighted by Gasteiger charge is -2.36. The van der Waals surface area contributed by atoms with Gasteiger partial charge < -0.3 is 14.6 Å². The number of hydrogen-bond acceptors (Lipinski definition) is 4. The Balaban J connectivity index is 1.47. The van der Waals surface area contributed by atoms with Crippen LogP contribution in [0.25, 0.3) is 0 Å². The molecule has 0 bridgehead atoms. The van der Waals surface area contributed by atoms with Crippen molar-refractivity contribution in [2.24, 2.45) is 5.92 Å². The van der Waals surface area contributed by atoms with Crippen LogP contribution in [0.15, 0.2) is 24.3 Å². The van der Waals surface area contributed by atoms with E-state index in [0.717, 1.165) is 44.2 Å². The first-order valence-corrected chi connectivity index (χ1v) is 9.52. The zero-order valence-corrected chi connectivity index (χ0v) is 15.5. The van der Waals surface area contributed by atoms with Gasteiger partial charge in [-0.05, 0) is 31.0 Å². The summed E-state index contributed by atoms with van der Waals surface area (Å²) in [7, 11) is 0. The third-order valence-electron chi connectivity index (χ3n) is 5.28. The summed E-state index contributed by atoms with van der Waals surface area (Å²) in [6.07, 6.45) is 0.275. The molecular formula is C19H24F3N3O3. The summed E-state index contributed by atoms with van der Waals surface area (Å²) in [4.78, 5) is 32.4. The van der Waals surface area contributed by atoms with Crippen molar-refractivity contribution < 1.29 is 27.6 Å². The van der Waals surface area contributed by atoms with E-state index in [9.17, 15) is 22.8 Å². The number of rotatable bonds is 2. The van der Waals surface area contributed by atoms with Crippen LogP contribution in [-0.2, 0) is 15.8 Å². The average molecular weight is 399 g/mol. The monoisotopic (exact) mass is 399 g/mol. The molecule has 0 unspecified atom stereocenters. The lowest BCUT2D eigenvalue weighted by atomic mass is 9.89. The minimum Gasteiger partial charge on any atom is -0.368 e. The summed E-state index contributed by atoms with van der Waals surface area (Å²) in [5.41, 5.74) is 1.98. The Morgan fingerprint density at radius 2 is 1.71 bits per heavy atom. The number of carbonyl (C=O) groups is 2. The summed E-state index contributed by atoms with van der Waals surface area (Å²) in [6.45, 7) is 1.43. The number of nitrogens with one attached hydrogen (secondary N) is 1. The molecule has 0 aromatic heterocycles. The highest BCUT2D eigenvalue weighted by atomic mass is 19.4. The summed E-state index contributed by atoms with van der Waals surface area (Å²) in [6, 6.07) is 4.64. The maximum atomic E-state index is 12.9. The SMILES string of the molecule is O=C(ONC(=O)N1CCN(c2cccc(C(F)(F)F)c2)CC1)C1CCCCC1. The van der Waals surface area contributed by atoms with E-state index in [-0.39, 0.29) is 5.92 Å². The van der Waals surface area contributed by atoms with Crippen LogP contribution in [0.3, 0.4) is 0 Å². The standard InChI is InChI=1S/C19H24F3N3O3/c20-19(21,22)15-7-4-8-16(13-15)24-9-11-25(12-10-24)18(27)23-28-17(26)14-5-2-1-3-6-14/h4,7-8,13-14H,1-3,5-6,9-12H2,(H,23,27). The molecule has 1 aliphatic heterocycles. The van der Waals surface area contributed by atoms with Crippen LogP contribution in [0.2, 0.25) is 0 Å². The summed E-state index contributed by atoms with van der Waals surface area (Å²) >= 11 is 0. The van der Waals surface area contributed by atoms with Gasteiger partial charge in [-0.1, -0.05) is 25.3 Å². The van der Waals surface area contributed by atoms with Gasteiger partial charge in [-0.2, -0.15) is 18.7 Å². The molecule has 154 valence electrons. The molecule has 6 nitrogen and oxygen atoms in total. The molecule has 3 rings (SSSR count). The first kappa shape index (κ1) is 20.3. The topological polar surface area (TPSA) is 61.9 Å². The Bertz CT molecular complexity index is 697. The zero-order valence-electron chi connectivity index (χ0n) is 15.5. The average Bonchev–Trinajstić information content (AvgIpc) is 2.72. The molecule has 1 aromatic rings. The second kappa shape index (κ2) is 8.70. The second-order valence-electron chi connectivity index (χ2n) is 7.19. The predicted molar refractivity (Wildman–Crippen MR) is 96.4 cm³/mol. The van der Waals surface area contributed by atoms with Gasteiger partial charge in [-0.3, -0.25) is 0 Å². The molecule has 2 aliphatic rings. The van der Waals surface area contributed by atoms with Gasteiger partial charge >= 0.3 is 18.2 Å². The number of anilines is 1. The fraction of sp³-hybridized carbons (Fsp3) is 0.579. The fourth-order valence-electron chi connectivity index (χ4n) is 3.63. The van der Waals surface area contributed by atoms with E-state index < -0.39 is 23.7 Å². The van der Waals surface area contributed by atoms with Gasteiger partial charge in [0.05, 0.1) is 11.5 Å². The van der Waals surface area contributed by atoms with Crippen molar-refractivity contribution in [1.82, 2.24) is 10.4 Å². The normalized spacial score (nSPS) is 18.7. The number of amides is 2. The molecule has 1 heterocycles. The van der Waals surface area contributed by atoms with E-state index in [1.54, 1.807) is 11.0 Å². The van der Waals surface area contributed by atoms with E-state index in [1.807, 2.05) is 0 Å². The molecule has 1 N–H and O–H groups in total. The number of hydroxylamine groups is 1. The Labute approximate surface area is 161 Å². The van der Waals surface area contributed by atoms with Crippen molar-refractivity contribution in [2.75, 3.05) is 31.1 Å². The van der Waals surface area contributed by atoms with Crippen LogP contribution >= 0.6 is 0 Å². The van der Waals surface area contributed by atoms with Crippen molar-refractivity contribution in [3.8, 4) is 0 Å². The summed E-state index contributed by atoms with van der Waals surface area (Å²) in [5.74, 6) is -0.567. The molecule has 28 heavy (non-hydrogen) atoms. The second-order valence-corrected chi connectivity index (χ2v) is 7.19. The minimum absolute atomic E-state index is 0.160. The highest BCUT2D eigenvalue weighted by Crippen LogP contribution is 2.32. The molecular weight excluding hydrogens is 375 g/mol. The maximum absolute atomic E-state index is 12.9. The zero-order chi connectivity index (χ0) is 20.1. The van der Waals surface area contributed by atoms with E-state index in [1.165, 1.54) is 11.0 Å². The first-order valence-electron chi connectivity index (χ1n) is 9.52. The Morgan fingerprint density at radius 1 is 1.04 bits per heavy atom. The number of alkyl halides is 3. The number of nitrogens with zero attached hydrogens (tertiary/aromatic N) is 2. The van der Waals surface area contributed by atoms with Gasteiger partial charge in [0.2, 0.25) is 0 Å². The van der Waals surface area contributed by atoms with Crippen molar-refractivity contribution in [3.63, 3.8) is 0 Å². The van der Waals surface area contributed by atoms with E-state index >= 15 is 0 Å². The quantitative estimate of drug-likeness (QED) is 0.773. The van der Waals surface area contributed by atoms with Gasteiger partial charge in [-0.15, -0.1) is 0 Å². The highest BCUT2D eigenvalue weighted by Gasteiger charge is 2.31. The lowest BCUT2D eigenvalue weighted by molar-refractivity contribution is -0.155. The smallest absolute Gasteiger partial charge is 0.368 e. The largest absolute Gasteiger partial charge is 0.416 e. The van der Waals surface area contributed by atoms with E-state index in [0.29, 0.717) is 31.9 Å². The van der Waals surface area contributed by atoms with Gasteiger partial charge in [0.15, 0.2) is 0 Å². The molecule has 0 radical (unpaired) electrons. The summed E-state index contributed by atoms with van der Waals surface area (Å²) < 4.78 is 38.6. The molecule has 0 atom stereocenters. The molecule has 1 saturated carbocycles. The fourth-order valence-corrected chi connectivity index (χ4v) is 3.63. The van der Waals surface area contributed by atoms with E-state index in [4.69, 9.17) is 4.84 Å². The number of hydrogen-bond donors (Lipinski definition) is 1. The van der Waals surface area contributed by atoms with Crippen LogP contribution in [0.4, 0.5) is 23.7 Å². The molecule has 1 aliphatic carbocycles. The first-order chi connectivity index (χ1) is 13.3. The highest BCUT2D eigenvalue weighted by molar-refractivity contribution is 5.78. The van der Waals surface area contributed by atoms with Crippen molar-refractivity contribution in [1.29, 1.82) is 0 Å². The Morgan fingerprint density at radius 3 is 2.36 bits per heavy atom. The molecule has 0 spiro atoms. The number of carbonyl (C=O) groups excluding carboxylic acids is 2. The predicted octanol–water partition coefficient (Wildman–Crippen LogP) is 3.58. The minimum atomic E-state index is -4.39. The number of benzene rings is 1.